The Morgan fingerprint density at radius 1 is 1.14 bits per heavy atom. The van der Waals surface area contributed by atoms with Crippen LogP contribution in [0.15, 0.2) is 47.4 Å². The third-order valence-corrected chi connectivity index (χ3v) is 6.70. The molecule has 158 valence electrons. The predicted molar refractivity (Wildman–Crippen MR) is 114 cm³/mol. The summed E-state index contributed by atoms with van der Waals surface area (Å²) in [6.45, 7) is 2.87. The molecule has 0 radical (unpaired) electrons. The van der Waals surface area contributed by atoms with Crippen molar-refractivity contribution in [3.8, 4) is 0 Å². The van der Waals surface area contributed by atoms with Crippen molar-refractivity contribution in [1.29, 1.82) is 0 Å². The van der Waals surface area contributed by atoms with Crippen molar-refractivity contribution in [2.45, 2.75) is 44.2 Å². The molecule has 1 unspecified atom stereocenters. The molecule has 0 saturated heterocycles. The zero-order chi connectivity index (χ0) is 21.6. The number of halogens is 2. The number of rotatable bonds is 9. The maximum absolute atomic E-state index is 13.5. The highest BCUT2D eigenvalue weighted by Crippen LogP contribution is 2.33. The van der Waals surface area contributed by atoms with E-state index in [9.17, 15) is 18.3 Å². The first-order valence-electron chi connectivity index (χ1n) is 8.99. The van der Waals surface area contributed by atoms with Crippen LogP contribution in [-0.2, 0) is 26.2 Å². The Bertz CT molecular complexity index is 948. The quantitative estimate of drug-likeness (QED) is 0.561. The van der Waals surface area contributed by atoms with Gasteiger partial charge in [-0.1, -0.05) is 29.3 Å². The van der Waals surface area contributed by atoms with E-state index in [1.165, 1.54) is 41.6 Å². The molecule has 0 aliphatic heterocycles. The van der Waals surface area contributed by atoms with Gasteiger partial charge in [0.15, 0.2) is 0 Å². The van der Waals surface area contributed by atoms with Gasteiger partial charge in [0.2, 0.25) is 0 Å². The van der Waals surface area contributed by atoms with Gasteiger partial charge in [-0.15, -0.1) is 0 Å². The number of nitrogens with zero attached hydrogens (tertiary/aromatic N) is 1. The van der Waals surface area contributed by atoms with Crippen LogP contribution in [0.2, 0.25) is 10.0 Å². The molecule has 0 aliphatic carbocycles. The summed E-state index contributed by atoms with van der Waals surface area (Å²) in [4.78, 5) is 11.3. The van der Waals surface area contributed by atoms with Gasteiger partial charge in [0, 0.05) is 35.2 Å². The molecule has 0 heterocycles. The maximum Gasteiger partial charge on any atom is 0.302 e. The van der Waals surface area contributed by atoms with E-state index in [1.54, 1.807) is 19.1 Å². The highest BCUT2D eigenvalue weighted by atomic mass is 35.5. The van der Waals surface area contributed by atoms with Gasteiger partial charge in [0.1, 0.15) is 6.61 Å². The minimum absolute atomic E-state index is 0.0605. The Balaban J connectivity index is 2.61. The Hall–Kier alpha value is -1.80. The molecular weight excluding hydrogens is 437 g/mol. The van der Waals surface area contributed by atoms with E-state index < -0.39 is 22.0 Å². The molecule has 9 heteroatoms. The normalized spacial score (nSPS) is 12.4. The van der Waals surface area contributed by atoms with E-state index in [1.807, 2.05) is 0 Å². The van der Waals surface area contributed by atoms with Gasteiger partial charge in [-0.2, -0.15) is 0 Å². The standard InChI is InChI=1S/C20H23Cl2NO5S/c1-14(4-3-11-24)23(29(26,27)19-9-7-17(21)8-10-19)20-12-18(22)6-5-16(20)13-28-15(2)25/h5-10,12,14,24H,3-4,11,13H2,1-2H3. The number of carbonyl (C=O) groups is 1. The molecule has 1 atom stereocenters. The summed E-state index contributed by atoms with van der Waals surface area (Å²) in [5, 5.41) is 9.96. The molecule has 0 saturated carbocycles. The number of hydrogen-bond acceptors (Lipinski definition) is 5. The summed E-state index contributed by atoms with van der Waals surface area (Å²) in [7, 11) is -3.98. The fraction of sp³-hybridized carbons (Fsp3) is 0.350. The lowest BCUT2D eigenvalue weighted by molar-refractivity contribution is -0.142. The molecule has 2 aromatic rings. The molecule has 0 bridgehead atoms. The SMILES string of the molecule is CC(=O)OCc1ccc(Cl)cc1N(C(C)CCCO)S(=O)(=O)c1ccc(Cl)cc1. The zero-order valence-electron chi connectivity index (χ0n) is 16.1. The number of anilines is 1. The Morgan fingerprint density at radius 2 is 1.76 bits per heavy atom. The highest BCUT2D eigenvalue weighted by molar-refractivity contribution is 7.92. The van der Waals surface area contributed by atoms with Gasteiger partial charge in [-0.3, -0.25) is 9.10 Å². The van der Waals surface area contributed by atoms with Gasteiger partial charge in [0.25, 0.3) is 10.0 Å². The van der Waals surface area contributed by atoms with Crippen molar-refractivity contribution in [2.24, 2.45) is 0 Å². The minimum Gasteiger partial charge on any atom is -0.461 e. The number of carbonyl (C=O) groups excluding carboxylic acids is 1. The predicted octanol–water partition coefficient (Wildman–Crippen LogP) is 4.41. The Kier molecular flexibility index (Phi) is 8.34. The molecular formula is C20H23Cl2NO5S. The average Bonchev–Trinajstić information content (AvgIpc) is 2.66. The van der Waals surface area contributed by atoms with E-state index in [-0.39, 0.29) is 18.1 Å². The van der Waals surface area contributed by atoms with Crippen molar-refractivity contribution >= 4 is 44.9 Å². The zero-order valence-corrected chi connectivity index (χ0v) is 18.5. The van der Waals surface area contributed by atoms with Gasteiger partial charge >= 0.3 is 5.97 Å². The van der Waals surface area contributed by atoms with Crippen LogP contribution in [0.5, 0.6) is 0 Å². The molecule has 1 N–H and O–H groups in total. The Morgan fingerprint density at radius 3 is 2.34 bits per heavy atom. The lowest BCUT2D eigenvalue weighted by Gasteiger charge is -2.32. The van der Waals surface area contributed by atoms with Crippen molar-refractivity contribution < 1.29 is 23.1 Å². The number of sulfonamides is 1. The van der Waals surface area contributed by atoms with Gasteiger partial charge in [-0.25, -0.2) is 8.42 Å². The molecule has 0 fully saturated rings. The first kappa shape index (κ1) is 23.5. The number of aliphatic hydroxyl groups excluding tert-OH is 1. The summed E-state index contributed by atoms with van der Waals surface area (Å²) in [6.07, 6.45) is 0.844. The fourth-order valence-electron chi connectivity index (χ4n) is 2.87. The van der Waals surface area contributed by atoms with Crippen molar-refractivity contribution in [3.05, 3.63) is 58.1 Å². The topological polar surface area (TPSA) is 83.9 Å². The monoisotopic (exact) mass is 459 g/mol. The third kappa shape index (κ3) is 6.09. The molecule has 0 spiro atoms. The largest absolute Gasteiger partial charge is 0.461 e. The number of hydrogen-bond donors (Lipinski definition) is 1. The van der Waals surface area contributed by atoms with Crippen LogP contribution < -0.4 is 4.31 Å². The lowest BCUT2D eigenvalue weighted by Crippen LogP contribution is -2.39. The summed E-state index contributed by atoms with van der Waals surface area (Å²) in [5.74, 6) is -0.480. The van der Waals surface area contributed by atoms with Crippen molar-refractivity contribution in [3.63, 3.8) is 0 Å². The van der Waals surface area contributed by atoms with E-state index in [0.29, 0.717) is 34.1 Å². The number of aliphatic hydroxyl groups is 1. The Labute approximate surface area is 181 Å². The van der Waals surface area contributed by atoms with Crippen LogP contribution in [0, 0.1) is 0 Å². The van der Waals surface area contributed by atoms with Crippen LogP contribution in [-0.4, -0.2) is 32.1 Å². The summed E-state index contributed by atoms with van der Waals surface area (Å²) >= 11 is 12.1. The van der Waals surface area contributed by atoms with Crippen LogP contribution in [0.1, 0.15) is 32.3 Å². The summed E-state index contributed by atoms with van der Waals surface area (Å²) in [6, 6.07) is 10.1. The first-order chi connectivity index (χ1) is 13.7. The highest BCUT2D eigenvalue weighted by Gasteiger charge is 2.31. The van der Waals surface area contributed by atoms with E-state index in [4.69, 9.17) is 27.9 Å². The maximum atomic E-state index is 13.5. The fourth-order valence-corrected chi connectivity index (χ4v) is 4.88. The average molecular weight is 460 g/mol. The number of esters is 1. The number of benzene rings is 2. The smallest absolute Gasteiger partial charge is 0.302 e. The molecule has 0 aromatic heterocycles. The van der Waals surface area contributed by atoms with Crippen LogP contribution >= 0.6 is 23.2 Å². The molecule has 2 rings (SSSR count). The van der Waals surface area contributed by atoms with Crippen molar-refractivity contribution in [1.82, 2.24) is 0 Å². The second-order valence-corrected chi connectivity index (χ2v) is 9.21. The van der Waals surface area contributed by atoms with E-state index in [0.717, 1.165) is 0 Å². The lowest BCUT2D eigenvalue weighted by atomic mass is 10.1. The molecule has 0 aliphatic rings. The number of ether oxygens (including phenoxy) is 1. The summed E-state index contributed by atoms with van der Waals surface area (Å²) < 4.78 is 33.4. The second kappa shape index (κ2) is 10.3. The van der Waals surface area contributed by atoms with E-state index >= 15 is 0 Å². The molecule has 2 aromatic carbocycles. The van der Waals surface area contributed by atoms with Gasteiger partial charge in [-0.05, 0) is 56.2 Å². The molecule has 0 amide bonds. The first-order valence-corrected chi connectivity index (χ1v) is 11.2. The van der Waals surface area contributed by atoms with Crippen molar-refractivity contribution in [2.75, 3.05) is 10.9 Å². The molecule has 6 nitrogen and oxygen atoms in total. The summed E-state index contributed by atoms with van der Waals surface area (Å²) in [5.41, 5.74) is 0.817. The van der Waals surface area contributed by atoms with E-state index in [2.05, 4.69) is 0 Å². The van der Waals surface area contributed by atoms with Crippen LogP contribution in [0.4, 0.5) is 5.69 Å². The van der Waals surface area contributed by atoms with Crippen LogP contribution in [0.25, 0.3) is 0 Å². The molecule has 29 heavy (non-hydrogen) atoms. The van der Waals surface area contributed by atoms with Gasteiger partial charge < -0.3 is 9.84 Å². The second-order valence-electron chi connectivity index (χ2n) is 6.52. The minimum atomic E-state index is -3.98. The third-order valence-electron chi connectivity index (χ3n) is 4.27. The van der Waals surface area contributed by atoms with Crippen LogP contribution in [0.3, 0.4) is 0 Å². The van der Waals surface area contributed by atoms with Gasteiger partial charge in [0.05, 0.1) is 10.6 Å².